The molecule has 0 saturated heterocycles. The Kier molecular flexibility index (Phi) is 3.88. The molecule has 0 radical (unpaired) electrons. The highest BCUT2D eigenvalue weighted by Crippen LogP contribution is 2.27. The standard InChI is InChI=1S/C11H21N5/c1-9(12-2)11-13-14-15-16(11)10-7-5-3-4-6-8-10/h9-10,12H,3-8H2,1-2H3. The van der Waals surface area contributed by atoms with Gasteiger partial charge in [-0.3, -0.25) is 0 Å². The van der Waals surface area contributed by atoms with Crippen LogP contribution in [0.2, 0.25) is 0 Å². The predicted molar refractivity (Wildman–Crippen MR) is 62.0 cm³/mol. The molecule has 0 aliphatic heterocycles. The molecule has 1 heterocycles. The molecule has 1 aromatic rings. The Hall–Kier alpha value is -0.970. The van der Waals surface area contributed by atoms with E-state index in [0.717, 1.165) is 5.82 Å². The lowest BCUT2D eigenvalue weighted by molar-refractivity contribution is 0.372. The summed E-state index contributed by atoms with van der Waals surface area (Å²) in [6.07, 6.45) is 7.75. The van der Waals surface area contributed by atoms with Gasteiger partial charge in [-0.05, 0) is 37.2 Å². The summed E-state index contributed by atoms with van der Waals surface area (Å²) in [7, 11) is 1.94. The van der Waals surface area contributed by atoms with Crippen LogP contribution in [0.3, 0.4) is 0 Å². The van der Waals surface area contributed by atoms with E-state index in [4.69, 9.17) is 0 Å². The number of nitrogens with one attached hydrogen (secondary N) is 1. The van der Waals surface area contributed by atoms with Crippen molar-refractivity contribution >= 4 is 0 Å². The second-order valence-corrected chi connectivity index (χ2v) is 4.64. The van der Waals surface area contributed by atoms with Crippen molar-refractivity contribution in [3.63, 3.8) is 0 Å². The zero-order valence-corrected chi connectivity index (χ0v) is 10.2. The molecule has 5 heteroatoms. The van der Waals surface area contributed by atoms with Crippen molar-refractivity contribution in [3.05, 3.63) is 5.82 Å². The second kappa shape index (κ2) is 5.39. The van der Waals surface area contributed by atoms with Crippen LogP contribution in [0, 0.1) is 0 Å². The third kappa shape index (κ3) is 2.40. The summed E-state index contributed by atoms with van der Waals surface area (Å²) in [5, 5.41) is 15.3. The molecule has 5 nitrogen and oxygen atoms in total. The van der Waals surface area contributed by atoms with Crippen LogP contribution < -0.4 is 5.32 Å². The normalized spacial score (nSPS) is 20.6. The molecule has 1 aromatic heterocycles. The largest absolute Gasteiger partial charge is 0.311 e. The highest BCUT2D eigenvalue weighted by atomic mass is 15.6. The van der Waals surface area contributed by atoms with Gasteiger partial charge >= 0.3 is 0 Å². The minimum absolute atomic E-state index is 0.221. The minimum Gasteiger partial charge on any atom is -0.311 e. The van der Waals surface area contributed by atoms with E-state index in [2.05, 4.69) is 27.8 Å². The van der Waals surface area contributed by atoms with Crippen molar-refractivity contribution in [2.75, 3.05) is 7.05 Å². The third-order valence-corrected chi connectivity index (χ3v) is 3.51. The van der Waals surface area contributed by atoms with Gasteiger partial charge in [0.1, 0.15) is 0 Å². The second-order valence-electron chi connectivity index (χ2n) is 4.64. The van der Waals surface area contributed by atoms with Crippen molar-refractivity contribution < 1.29 is 0 Å². The Labute approximate surface area is 96.6 Å². The quantitative estimate of drug-likeness (QED) is 0.794. The van der Waals surface area contributed by atoms with Crippen molar-refractivity contribution in [3.8, 4) is 0 Å². The number of rotatable bonds is 3. The number of tetrazole rings is 1. The molecule has 90 valence electrons. The van der Waals surface area contributed by atoms with E-state index in [1.54, 1.807) is 0 Å². The van der Waals surface area contributed by atoms with Crippen molar-refractivity contribution in [2.45, 2.75) is 57.5 Å². The molecule has 1 aliphatic carbocycles. The van der Waals surface area contributed by atoms with E-state index in [1.807, 2.05) is 11.7 Å². The first-order valence-electron chi connectivity index (χ1n) is 6.28. The van der Waals surface area contributed by atoms with E-state index in [0.29, 0.717) is 6.04 Å². The van der Waals surface area contributed by atoms with Crippen LogP contribution in [0.15, 0.2) is 0 Å². The van der Waals surface area contributed by atoms with Crippen molar-refractivity contribution in [2.24, 2.45) is 0 Å². The first-order chi connectivity index (χ1) is 7.83. The van der Waals surface area contributed by atoms with E-state index in [1.165, 1.54) is 38.5 Å². The third-order valence-electron chi connectivity index (χ3n) is 3.51. The van der Waals surface area contributed by atoms with Gasteiger partial charge in [0.15, 0.2) is 5.82 Å². The minimum atomic E-state index is 0.221. The Morgan fingerprint density at radius 1 is 1.25 bits per heavy atom. The number of hydrogen-bond donors (Lipinski definition) is 1. The molecule has 0 aromatic carbocycles. The van der Waals surface area contributed by atoms with Crippen LogP contribution in [0.5, 0.6) is 0 Å². The zero-order valence-electron chi connectivity index (χ0n) is 10.2. The molecule has 1 aliphatic rings. The van der Waals surface area contributed by atoms with E-state index >= 15 is 0 Å². The van der Waals surface area contributed by atoms with Crippen LogP contribution in [0.4, 0.5) is 0 Å². The lowest BCUT2D eigenvalue weighted by Crippen LogP contribution is -2.21. The molecule has 2 rings (SSSR count). The van der Waals surface area contributed by atoms with Crippen LogP contribution >= 0.6 is 0 Å². The average Bonchev–Trinajstić information content (AvgIpc) is 2.64. The summed E-state index contributed by atoms with van der Waals surface area (Å²) < 4.78 is 2.03. The van der Waals surface area contributed by atoms with E-state index in [-0.39, 0.29) is 6.04 Å². The molecule has 1 N–H and O–H groups in total. The Morgan fingerprint density at radius 2 is 1.94 bits per heavy atom. The molecule has 1 unspecified atom stereocenters. The smallest absolute Gasteiger partial charge is 0.168 e. The first-order valence-corrected chi connectivity index (χ1v) is 6.28. The monoisotopic (exact) mass is 223 g/mol. The number of nitrogens with zero attached hydrogens (tertiary/aromatic N) is 4. The molecule has 0 spiro atoms. The maximum atomic E-state index is 4.17. The fourth-order valence-electron chi connectivity index (χ4n) is 2.38. The summed E-state index contributed by atoms with van der Waals surface area (Å²) in [6, 6.07) is 0.724. The Morgan fingerprint density at radius 3 is 2.56 bits per heavy atom. The molecule has 1 saturated carbocycles. The maximum Gasteiger partial charge on any atom is 0.168 e. The predicted octanol–water partition coefficient (Wildman–Crippen LogP) is 1.85. The summed E-state index contributed by atoms with van der Waals surface area (Å²) in [4.78, 5) is 0. The topological polar surface area (TPSA) is 55.6 Å². The maximum absolute atomic E-state index is 4.17. The van der Waals surface area contributed by atoms with Gasteiger partial charge in [0.05, 0.1) is 12.1 Å². The number of aromatic nitrogens is 4. The average molecular weight is 223 g/mol. The van der Waals surface area contributed by atoms with Crippen molar-refractivity contribution in [1.82, 2.24) is 25.5 Å². The van der Waals surface area contributed by atoms with Crippen LogP contribution in [-0.4, -0.2) is 27.3 Å². The van der Waals surface area contributed by atoms with Crippen LogP contribution in [0.25, 0.3) is 0 Å². The van der Waals surface area contributed by atoms with Gasteiger partial charge < -0.3 is 5.32 Å². The van der Waals surface area contributed by atoms with Gasteiger partial charge in [-0.1, -0.05) is 25.7 Å². The fourth-order valence-corrected chi connectivity index (χ4v) is 2.38. The lowest BCUT2D eigenvalue weighted by atomic mass is 10.1. The molecule has 0 amide bonds. The molecule has 1 fully saturated rings. The number of hydrogen-bond acceptors (Lipinski definition) is 4. The molecule has 1 atom stereocenters. The molecule has 0 bridgehead atoms. The van der Waals surface area contributed by atoms with Gasteiger partial charge in [-0.25, -0.2) is 4.68 Å². The molecular weight excluding hydrogens is 202 g/mol. The zero-order chi connectivity index (χ0) is 11.4. The van der Waals surface area contributed by atoms with Gasteiger partial charge in [0.25, 0.3) is 0 Å². The molecule has 16 heavy (non-hydrogen) atoms. The first kappa shape index (κ1) is 11.5. The van der Waals surface area contributed by atoms with E-state index < -0.39 is 0 Å². The van der Waals surface area contributed by atoms with Gasteiger partial charge in [0, 0.05) is 0 Å². The highest BCUT2D eigenvalue weighted by molar-refractivity contribution is 4.91. The summed E-state index contributed by atoms with van der Waals surface area (Å²) in [5.41, 5.74) is 0. The van der Waals surface area contributed by atoms with Crippen molar-refractivity contribution in [1.29, 1.82) is 0 Å². The Balaban J connectivity index is 2.15. The van der Waals surface area contributed by atoms with Gasteiger partial charge in [-0.2, -0.15) is 0 Å². The van der Waals surface area contributed by atoms with Gasteiger partial charge in [-0.15, -0.1) is 5.10 Å². The summed E-state index contributed by atoms with van der Waals surface area (Å²) >= 11 is 0. The van der Waals surface area contributed by atoms with Crippen LogP contribution in [-0.2, 0) is 0 Å². The molecular formula is C11H21N5. The van der Waals surface area contributed by atoms with Crippen LogP contribution in [0.1, 0.15) is 63.4 Å². The fraction of sp³-hybridized carbons (Fsp3) is 0.909. The lowest BCUT2D eigenvalue weighted by Gasteiger charge is -2.18. The Bertz CT molecular complexity index is 314. The van der Waals surface area contributed by atoms with Gasteiger partial charge in [0.2, 0.25) is 0 Å². The SMILES string of the molecule is CNC(C)c1nnnn1C1CCCCCC1. The van der Waals surface area contributed by atoms with E-state index in [9.17, 15) is 0 Å². The summed E-state index contributed by atoms with van der Waals surface area (Å²) in [5.74, 6) is 0.967. The highest BCUT2D eigenvalue weighted by Gasteiger charge is 2.21. The summed E-state index contributed by atoms with van der Waals surface area (Å²) in [6.45, 7) is 2.10.